The Balaban J connectivity index is 2.00. The fourth-order valence-electron chi connectivity index (χ4n) is 1.91. The summed E-state index contributed by atoms with van der Waals surface area (Å²) < 4.78 is 20.8. The minimum absolute atomic E-state index is 0.0382. The van der Waals surface area contributed by atoms with Crippen molar-refractivity contribution >= 4 is 5.69 Å². The van der Waals surface area contributed by atoms with Gasteiger partial charge >= 0.3 is 0 Å². The molecule has 0 saturated heterocycles. The molecule has 0 radical (unpaired) electrons. The molecule has 5 heteroatoms. The van der Waals surface area contributed by atoms with Gasteiger partial charge in [0.05, 0.1) is 18.3 Å². The molecule has 0 aliphatic rings. The summed E-state index contributed by atoms with van der Waals surface area (Å²) in [6, 6.07) is 4.89. The van der Waals surface area contributed by atoms with E-state index in [0.29, 0.717) is 13.2 Å². The second kappa shape index (κ2) is 6.16. The Morgan fingerprint density at radius 3 is 2.67 bits per heavy atom. The topological polar surface area (TPSA) is 39.1 Å². The summed E-state index contributed by atoms with van der Waals surface area (Å²) in [6.45, 7) is 9.18. The SMILES string of the molecule is CCOc1ccc(NCc2cnn(C(C)(C)C)c2)cc1F. The van der Waals surface area contributed by atoms with Gasteiger partial charge in [0.1, 0.15) is 0 Å². The van der Waals surface area contributed by atoms with E-state index in [4.69, 9.17) is 4.74 Å². The number of anilines is 1. The lowest BCUT2D eigenvalue weighted by Gasteiger charge is -2.18. The van der Waals surface area contributed by atoms with Crippen molar-refractivity contribution in [2.75, 3.05) is 11.9 Å². The average Bonchev–Trinajstić information content (AvgIpc) is 2.88. The van der Waals surface area contributed by atoms with Gasteiger partial charge in [0, 0.05) is 30.1 Å². The van der Waals surface area contributed by atoms with E-state index in [1.807, 2.05) is 30.1 Å². The Kier molecular flexibility index (Phi) is 4.50. The van der Waals surface area contributed by atoms with E-state index < -0.39 is 0 Å². The molecule has 1 heterocycles. The Hall–Kier alpha value is -2.04. The third-order valence-corrected chi connectivity index (χ3v) is 3.05. The van der Waals surface area contributed by atoms with E-state index in [1.165, 1.54) is 6.07 Å². The summed E-state index contributed by atoms with van der Waals surface area (Å²) in [5.74, 6) is -0.0733. The highest BCUT2D eigenvalue weighted by Crippen LogP contribution is 2.21. The molecule has 0 amide bonds. The van der Waals surface area contributed by atoms with E-state index in [0.717, 1.165) is 11.3 Å². The average molecular weight is 291 g/mol. The van der Waals surface area contributed by atoms with Crippen LogP contribution in [0.5, 0.6) is 5.75 Å². The maximum Gasteiger partial charge on any atom is 0.167 e. The van der Waals surface area contributed by atoms with Crippen molar-refractivity contribution in [1.29, 1.82) is 0 Å². The summed E-state index contributed by atoms with van der Waals surface area (Å²) >= 11 is 0. The van der Waals surface area contributed by atoms with Gasteiger partial charge in [0.2, 0.25) is 0 Å². The van der Waals surface area contributed by atoms with Gasteiger partial charge < -0.3 is 10.1 Å². The summed E-state index contributed by atoms with van der Waals surface area (Å²) in [5.41, 5.74) is 1.74. The van der Waals surface area contributed by atoms with Crippen LogP contribution in [0.4, 0.5) is 10.1 Å². The first kappa shape index (κ1) is 15.4. The van der Waals surface area contributed by atoms with Gasteiger partial charge in [-0.15, -0.1) is 0 Å². The lowest BCUT2D eigenvalue weighted by molar-refractivity contribution is 0.321. The van der Waals surface area contributed by atoms with Crippen molar-refractivity contribution in [1.82, 2.24) is 9.78 Å². The van der Waals surface area contributed by atoms with Crippen molar-refractivity contribution in [2.24, 2.45) is 0 Å². The molecule has 0 atom stereocenters. The first-order valence-electron chi connectivity index (χ1n) is 7.10. The van der Waals surface area contributed by atoms with Gasteiger partial charge in [-0.3, -0.25) is 4.68 Å². The number of halogens is 1. The molecule has 2 rings (SSSR count). The zero-order valence-corrected chi connectivity index (χ0v) is 13.0. The number of nitrogens with zero attached hydrogens (tertiary/aromatic N) is 2. The number of nitrogens with one attached hydrogen (secondary N) is 1. The maximum atomic E-state index is 13.7. The number of ether oxygens (including phenoxy) is 1. The third kappa shape index (κ3) is 3.97. The van der Waals surface area contributed by atoms with Crippen LogP contribution in [0.15, 0.2) is 30.6 Å². The summed E-state index contributed by atoms with van der Waals surface area (Å²) in [7, 11) is 0. The molecule has 2 aromatic rings. The lowest BCUT2D eigenvalue weighted by Crippen LogP contribution is -2.21. The maximum absolute atomic E-state index is 13.7. The molecule has 1 aromatic heterocycles. The van der Waals surface area contributed by atoms with Crippen LogP contribution in [0.2, 0.25) is 0 Å². The molecule has 21 heavy (non-hydrogen) atoms. The van der Waals surface area contributed by atoms with Crippen LogP contribution in [0.3, 0.4) is 0 Å². The second-order valence-corrected chi connectivity index (χ2v) is 5.90. The Morgan fingerprint density at radius 2 is 2.10 bits per heavy atom. The second-order valence-electron chi connectivity index (χ2n) is 5.90. The smallest absolute Gasteiger partial charge is 0.167 e. The minimum atomic E-state index is -0.354. The zero-order chi connectivity index (χ0) is 15.5. The molecule has 0 bridgehead atoms. The minimum Gasteiger partial charge on any atom is -0.491 e. The number of rotatable bonds is 5. The van der Waals surface area contributed by atoms with Crippen LogP contribution in [0.1, 0.15) is 33.3 Å². The molecular formula is C16H22FN3O. The molecule has 1 aromatic carbocycles. The van der Waals surface area contributed by atoms with Crippen LogP contribution in [-0.2, 0) is 12.1 Å². The zero-order valence-electron chi connectivity index (χ0n) is 13.0. The van der Waals surface area contributed by atoms with Crippen LogP contribution in [0.25, 0.3) is 0 Å². The Bertz CT molecular complexity index is 602. The first-order valence-corrected chi connectivity index (χ1v) is 7.10. The number of aromatic nitrogens is 2. The van der Waals surface area contributed by atoms with Gasteiger partial charge in [-0.25, -0.2) is 4.39 Å². The Morgan fingerprint density at radius 1 is 1.33 bits per heavy atom. The lowest BCUT2D eigenvalue weighted by atomic mass is 10.1. The van der Waals surface area contributed by atoms with Crippen molar-refractivity contribution < 1.29 is 9.13 Å². The Labute approximate surface area is 124 Å². The normalized spacial score (nSPS) is 11.5. The predicted molar refractivity (Wildman–Crippen MR) is 82.1 cm³/mol. The molecule has 0 aliphatic heterocycles. The van der Waals surface area contributed by atoms with E-state index >= 15 is 0 Å². The molecular weight excluding hydrogens is 269 g/mol. The van der Waals surface area contributed by atoms with Crippen LogP contribution >= 0.6 is 0 Å². The van der Waals surface area contributed by atoms with Gasteiger partial charge in [0.25, 0.3) is 0 Å². The van der Waals surface area contributed by atoms with Crippen molar-refractivity contribution in [2.45, 2.75) is 39.8 Å². The number of hydrogen-bond donors (Lipinski definition) is 1. The number of hydrogen-bond acceptors (Lipinski definition) is 3. The van der Waals surface area contributed by atoms with E-state index in [2.05, 4.69) is 31.2 Å². The highest BCUT2D eigenvalue weighted by molar-refractivity contribution is 5.47. The fraction of sp³-hybridized carbons (Fsp3) is 0.438. The standard InChI is InChI=1S/C16H22FN3O/c1-5-21-15-7-6-13(8-14(15)17)18-9-12-10-19-20(11-12)16(2,3)4/h6-8,10-11,18H,5,9H2,1-4H3. The molecule has 1 N–H and O–H groups in total. The highest BCUT2D eigenvalue weighted by Gasteiger charge is 2.13. The van der Waals surface area contributed by atoms with Gasteiger partial charge in [-0.05, 0) is 39.8 Å². The van der Waals surface area contributed by atoms with Gasteiger partial charge in [-0.2, -0.15) is 5.10 Å². The van der Waals surface area contributed by atoms with Gasteiger partial charge in [-0.1, -0.05) is 0 Å². The predicted octanol–water partition coefficient (Wildman–Crippen LogP) is 3.79. The van der Waals surface area contributed by atoms with E-state index in [9.17, 15) is 4.39 Å². The van der Waals surface area contributed by atoms with Crippen molar-refractivity contribution in [3.63, 3.8) is 0 Å². The summed E-state index contributed by atoms with van der Waals surface area (Å²) in [6.07, 6.45) is 3.82. The highest BCUT2D eigenvalue weighted by atomic mass is 19.1. The summed E-state index contributed by atoms with van der Waals surface area (Å²) in [5, 5.41) is 7.53. The molecule has 0 spiro atoms. The molecule has 0 fully saturated rings. The largest absolute Gasteiger partial charge is 0.491 e. The fourth-order valence-corrected chi connectivity index (χ4v) is 1.91. The molecule has 4 nitrogen and oxygen atoms in total. The molecule has 0 saturated carbocycles. The van der Waals surface area contributed by atoms with Crippen LogP contribution in [-0.4, -0.2) is 16.4 Å². The molecule has 0 unspecified atom stereocenters. The third-order valence-electron chi connectivity index (χ3n) is 3.05. The first-order chi connectivity index (χ1) is 9.90. The monoisotopic (exact) mass is 291 g/mol. The molecule has 0 aliphatic carbocycles. The summed E-state index contributed by atoms with van der Waals surface area (Å²) in [4.78, 5) is 0. The van der Waals surface area contributed by atoms with Crippen LogP contribution in [0, 0.1) is 5.82 Å². The van der Waals surface area contributed by atoms with E-state index in [-0.39, 0.29) is 17.1 Å². The van der Waals surface area contributed by atoms with Crippen LogP contribution < -0.4 is 10.1 Å². The van der Waals surface area contributed by atoms with E-state index in [1.54, 1.807) is 6.07 Å². The number of benzene rings is 1. The van der Waals surface area contributed by atoms with Crippen molar-refractivity contribution in [3.05, 3.63) is 42.0 Å². The molecule has 114 valence electrons. The van der Waals surface area contributed by atoms with Gasteiger partial charge in [0.15, 0.2) is 11.6 Å². The van der Waals surface area contributed by atoms with Crippen molar-refractivity contribution in [3.8, 4) is 5.75 Å². The quantitative estimate of drug-likeness (QED) is 0.911.